The molecule has 0 spiro atoms. The number of pyridine rings is 1. The van der Waals surface area contributed by atoms with Gasteiger partial charge < -0.3 is 20.5 Å². The van der Waals surface area contributed by atoms with E-state index in [-0.39, 0.29) is 11.3 Å². The molecular formula is C6H9BN2O3. The highest BCUT2D eigenvalue weighted by molar-refractivity contribution is 6.58. The van der Waals surface area contributed by atoms with E-state index in [0.717, 1.165) is 0 Å². The van der Waals surface area contributed by atoms with Crippen LogP contribution < -0.4 is 15.9 Å². The van der Waals surface area contributed by atoms with Gasteiger partial charge in [0.15, 0.2) is 11.6 Å². The molecule has 1 rings (SSSR count). The van der Waals surface area contributed by atoms with Crippen LogP contribution >= 0.6 is 0 Å². The van der Waals surface area contributed by atoms with Crippen molar-refractivity contribution in [2.24, 2.45) is 0 Å². The summed E-state index contributed by atoms with van der Waals surface area (Å²) in [6.07, 6.45) is 1.28. The standard InChI is InChI=1S/C6H9BN2O3/c1-12-5-2-4(7(10)11)3-9-6(5)8/h2-3,10-11H,1H3,(H2,8,9). The van der Waals surface area contributed by atoms with E-state index in [4.69, 9.17) is 20.5 Å². The Morgan fingerprint density at radius 1 is 1.58 bits per heavy atom. The maximum atomic E-state index is 8.75. The molecule has 0 aliphatic carbocycles. The quantitative estimate of drug-likeness (QED) is 0.460. The molecule has 6 heteroatoms. The molecule has 0 saturated heterocycles. The minimum atomic E-state index is -1.55. The zero-order valence-corrected chi connectivity index (χ0v) is 6.56. The number of ether oxygens (including phenoxy) is 1. The number of rotatable bonds is 2. The molecule has 0 fully saturated rings. The molecule has 1 heterocycles. The van der Waals surface area contributed by atoms with Crippen molar-refractivity contribution in [3.63, 3.8) is 0 Å². The van der Waals surface area contributed by atoms with Gasteiger partial charge in [-0.05, 0) is 6.07 Å². The Balaban J connectivity index is 3.05. The number of aromatic nitrogens is 1. The molecule has 0 bridgehead atoms. The highest BCUT2D eigenvalue weighted by Crippen LogP contribution is 2.14. The minimum absolute atomic E-state index is 0.224. The smallest absolute Gasteiger partial charge is 0.490 e. The van der Waals surface area contributed by atoms with E-state index in [1.165, 1.54) is 19.4 Å². The van der Waals surface area contributed by atoms with Gasteiger partial charge in [0.05, 0.1) is 7.11 Å². The van der Waals surface area contributed by atoms with Crippen LogP contribution in [-0.2, 0) is 0 Å². The first kappa shape index (κ1) is 8.83. The minimum Gasteiger partial charge on any atom is -0.493 e. The Labute approximate surface area is 70.0 Å². The van der Waals surface area contributed by atoms with Gasteiger partial charge in [-0.15, -0.1) is 0 Å². The fourth-order valence-electron chi connectivity index (χ4n) is 0.775. The third-order valence-corrected chi connectivity index (χ3v) is 1.42. The predicted molar refractivity (Wildman–Crippen MR) is 45.0 cm³/mol. The van der Waals surface area contributed by atoms with Crippen LogP contribution in [0.2, 0.25) is 0 Å². The molecule has 0 radical (unpaired) electrons. The highest BCUT2D eigenvalue weighted by atomic mass is 16.5. The number of nitrogen functional groups attached to an aromatic ring is 1. The first-order chi connectivity index (χ1) is 5.65. The summed E-state index contributed by atoms with van der Waals surface area (Å²) in [6.45, 7) is 0. The SMILES string of the molecule is COc1cc(B(O)O)cnc1N. The largest absolute Gasteiger partial charge is 0.493 e. The van der Waals surface area contributed by atoms with E-state index >= 15 is 0 Å². The molecule has 0 aliphatic heterocycles. The van der Waals surface area contributed by atoms with Crippen LogP contribution in [0.3, 0.4) is 0 Å². The van der Waals surface area contributed by atoms with Gasteiger partial charge in [-0.1, -0.05) is 0 Å². The fourth-order valence-corrected chi connectivity index (χ4v) is 0.775. The van der Waals surface area contributed by atoms with Gasteiger partial charge in [0.25, 0.3) is 0 Å². The monoisotopic (exact) mass is 168 g/mol. The number of methoxy groups -OCH3 is 1. The second kappa shape index (κ2) is 3.42. The Morgan fingerprint density at radius 2 is 2.25 bits per heavy atom. The maximum absolute atomic E-state index is 8.75. The molecule has 0 amide bonds. The van der Waals surface area contributed by atoms with E-state index in [1.807, 2.05) is 0 Å². The molecule has 64 valence electrons. The van der Waals surface area contributed by atoms with Crippen molar-refractivity contribution in [1.29, 1.82) is 0 Å². The normalized spacial score (nSPS) is 9.58. The molecule has 1 aromatic rings. The maximum Gasteiger partial charge on any atom is 0.490 e. The lowest BCUT2D eigenvalue weighted by atomic mass is 9.81. The van der Waals surface area contributed by atoms with Crippen molar-refractivity contribution in [2.45, 2.75) is 0 Å². The van der Waals surface area contributed by atoms with Crippen molar-refractivity contribution in [2.75, 3.05) is 12.8 Å². The molecule has 0 atom stereocenters. The fraction of sp³-hybridized carbons (Fsp3) is 0.167. The zero-order valence-electron chi connectivity index (χ0n) is 6.56. The lowest BCUT2D eigenvalue weighted by Crippen LogP contribution is -2.30. The molecule has 0 unspecified atom stereocenters. The van der Waals surface area contributed by atoms with Crippen LogP contribution in [0.25, 0.3) is 0 Å². The predicted octanol–water partition coefficient (Wildman–Crippen LogP) is -1.65. The average Bonchev–Trinajstić information content (AvgIpc) is 2.05. The van der Waals surface area contributed by atoms with Gasteiger partial charge in [0, 0.05) is 11.7 Å². The highest BCUT2D eigenvalue weighted by Gasteiger charge is 2.13. The molecule has 4 N–H and O–H groups in total. The molecule has 5 nitrogen and oxygen atoms in total. The molecule has 0 aromatic carbocycles. The van der Waals surface area contributed by atoms with Crippen LogP contribution in [0, 0.1) is 0 Å². The van der Waals surface area contributed by atoms with Crippen LogP contribution in [-0.4, -0.2) is 29.3 Å². The molecule has 1 aromatic heterocycles. The van der Waals surface area contributed by atoms with Gasteiger partial charge in [0.2, 0.25) is 0 Å². The van der Waals surface area contributed by atoms with E-state index in [1.54, 1.807) is 0 Å². The average molecular weight is 168 g/mol. The third kappa shape index (κ3) is 1.66. The second-order valence-electron chi connectivity index (χ2n) is 2.23. The Hall–Kier alpha value is -1.27. The summed E-state index contributed by atoms with van der Waals surface area (Å²) >= 11 is 0. The molecule has 0 aliphatic rings. The lowest BCUT2D eigenvalue weighted by Gasteiger charge is -2.04. The third-order valence-electron chi connectivity index (χ3n) is 1.42. The van der Waals surface area contributed by atoms with Gasteiger partial charge in [-0.2, -0.15) is 0 Å². The first-order valence-electron chi connectivity index (χ1n) is 3.30. The summed E-state index contributed by atoms with van der Waals surface area (Å²) in [5, 5.41) is 17.5. The Bertz CT molecular complexity index is 279. The summed E-state index contributed by atoms with van der Waals surface area (Å²) in [4.78, 5) is 3.70. The Kier molecular flexibility index (Phi) is 2.52. The summed E-state index contributed by atoms with van der Waals surface area (Å²) < 4.78 is 4.83. The van der Waals surface area contributed by atoms with Crippen molar-refractivity contribution in [1.82, 2.24) is 4.98 Å². The van der Waals surface area contributed by atoms with Gasteiger partial charge in [0.1, 0.15) is 0 Å². The van der Waals surface area contributed by atoms with Gasteiger partial charge in [-0.3, -0.25) is 0 Å². The van der Waals surface area contributed by atoms with E-state index < -0.39 is 7.12 Å². The molecular weight excluding hydrogens is 159 g/mol. The van der Waals surface area contributed by atoms with Gasteiger partial charge in [-0.25, -0.2) is 4.98 Å². The van der Waals surface area contributed by atoms with Crippen molar-refractivity contribution < 1.29 is 14.8 Å². The number of hydrogen-bond acceptors (Lipinski definition) is 5. The number of nitrogens with two attached hydrogens (primary N) is 1. The summed E-state index contributed by atoms with van der Waals surface area (Å²) in [5.74, 6) is 0.558. The van der Waals surface area contributed by atoms with Crippen LogP contribution in [0.5, 0.6) is 5.75 Å². The van der Waals surface area contributed by atoms with E-state index in [0.29, 0.717) is 5.75 Å². The van der Waals surface area contributed by atoms with Crippen LogP contribution in [0.15, 0.2) is 12.3 Å². The lowest BCUT2D eigenvalue weighted by molar-refractivity contribution is 0.412. The van der Waals surface area contributed by atoms with E-state index in [2.05, 4.69) is 4.98 Å². The number of hydrogen-bond donors (Lipinski definition) is 3. The van der Waals surface area contributed by atoms with Crippen molar-refractivity contribution in [3.05, 3.63) is 12.3 Å². The summed E-state index contributed by atoms with van der Waals surface area (Å²) in [7, 11) is -0.118. The van der Waals surface area contributed by atoms with Crippen molar-refractivity contribution >= 4 is 18.4 Å². The molecule has 12 heavy (non-hydrogen) atoms. The number of nitrogens with zero attached hydrogens (tertiary/aromatic N) is 1. The topological polar surface area (TPSA) is 88.6 Å². The van der Waals surface area contributed by atoms with E-state index in [9.17, 15) is 0 Å². The summed E-state index contributed by atoms with van der Waals surface area (Å²) in [6, 6.07) is 1.42. The number of anilines is 1. The second-order valence-corrected chi connectivity index (χ2v) is 2.23. The molecule has 0 saturated carbocycles. The first-order valence-corrected chi connectivity index (χ1v) is 3.30. The zero-order chi connectivity index (χ0) is 9.14. The van der Waals surface area contributed by atoms with Crippen LogP contribution in [0.1, 0.15) is 0 Å². The summed E-state index contributed by atoms with van der Waals surface area (Å²) in [5.41, 5.74) is 5.65. The Morgan fingerprint density at radius 3 is 2.75 bits per heavy atom. The van der Waals surface area contributed by atoms with Gasteiger partial charge >= 0.3 is 7.12 Å². The van der Waals surface area contributed by atoms with Crippen molar-refractivity contribution in [3.8, 4) is 5.75 Å². The van der Waals surface area contributed by atoms with Crippen LogP contribution in [0.4, 0.5) is 5.82 Å².